The maximum absolute atomic E-state index is 12.1. The first kappa shape index (κ1) is 9.71. The van der Waals surface area contributed by atoms with Crippen LogP contribution in [0.15, 0.2) is 35.3 Å². The van der Waals surface area contributed by atoms with Gasteiger partial charge in [0.2, 0.25) is 5.78 Å². The highest BCUT2D eigenvalue weighted by atomic mass is 16.3. The van der Waals surface area contributed by atoms with E-state index in [0.717, 1.165) is 0 Å². The molecule has 0 N–H and O–H groups in total. The monoisotopic (exact) mass is 228 g/mol. The zero-order chi connectivity index (χ0) is 11.8. The lowest BCUT2D eigenvalue weighted by atomic mass is 10.2. The minimum absolute atomic E-state index is 0.258. The van der Waals surface area contributed by atoms with Gasteiger partial charge in [0, 0.05) is 7.05 Å². The van der Waals surface area contributed by atoms with Crippen molar-refractivity contribution in [3.8, 4) is 0 Å². The Balaban J connectivity index is 2.21. The average molecular weight is 228 g/mol. The lowest BCUT2D eigenvalue weighted by Crippen LogP contribution is -2.04. The van der Waals surface area contributed by atoms with Crippen LogP contribution in [0.1, 0.15) is 16.2 Å². The average Bonchev–Trinajstić information content (AvgIpc) is 2.98. The van der Waals surface area contributed by atoms with Gasteiger partial charge in [0.25, 0.3) is 0 Å². The smallest absolute Gasteiger partial charge is 0.247 e. The Morgan fingerprint density at radius 2 is 2.29 bits per heavy atom. The second-order valence-corrected chi connectivity index (χ2v) is 3.53. The summed E-state index contributed by atoms with van der Waals surface area (Å²) in [6.07, 6.45) is 4.38. The molecule has 84 valence electrons. The summed E-state index contributed by atoms with van der Waals surface area (Å²) < 4.78 is 6.66. The van der Waals surface area contributed by atoms with Gasteiger partial charge in [0.1, 0.15) is 12.0 Å². The van der Waals surface area contributed by atoms with Crippen LogP contribution in [-0.2, 0) is 7.05 Å². The van der Waals surface area contributed by atoms with Crippen LogP contribution >= 0.6 is 0 Å². The van der Waals surface area contributed by atoms with Crippen LogP contribution in [0.4, 0.5) is 0 Å². The molecule has 3 heterocycles. The van der Waals surface area contributed by atoms with Gasteiger partial charge in [-0.25, -0.2) is 9.97 Å². The molecule has 0 saturated heterocycles. The maximum atomic E-state index is 12.1. The SMILES string of the molecule is Cn1ncc2c(C(=O)c3ccco3)ncnc21. The second kappa shape index (κ2) is 3.51. The fourth-order valence-electron chi connectivity index (χ4n) is 1.67. The standard InChI is InChI=1S/C11H8N4O2/c1-15-11-7(5-14-15)9(12-6-13-11)10(16)8-3-2-4-17-8/h2-6H,1H3. The van der Waals surface area contributed by atoms with E-state index >= 15 is 0 Å². The molecular weight excluding hydrogens is 220 g/mol. The minimum Gasteiger partial charge on any atom is -0.461 e. The van der Waals surface area contributed by atoms with Gasteiger partial charge in [0.05, 0.1) is 17.8 Å². The normalized spacial score (nSPS) is 10.9. The Morgan fingerprint density at radius 1 is 1.41 bits per heavy atom. The third-order valence-corrected chi connectivity index (χ3v) is 2.49. The van der Waals surface area contributed by atoms with Crippen molar-refractivity contribution in [2.45, 2.75) is 0 Å². The Kier molecular flexibility index (Phi) is 2.01. The molecule has 3 aromatic rings. The van der Waals surface area contributed by atoms with Crippen molar-refractivity contribution >= 4 is 16.8 Å². The molecule has 3 aromatic heterocycles. The summed E-state index contributed by atoms with van der Waals surface area (Å²) in [7, 11) is 1.76. The van der Waals surface area contributed by atoms with Crippen LogP contribution in [0.2, 0.25) is 0 Å². The van der Waals surface area contributed by atoms with Crippen molar-refractivity contribution in [1.82, 2.24) is 19.7 Å². The van der Waals surface area contributed by atoms with Crippen molar-refractivity contribution < 1.29 is 9.21 Å². The Hall–Kier alpha value is -2.50. The van der Waals surface area contributed by atoms with Gasteiger partial charge >= 0.3 is 0 Å². The van der Waals surface area contributed by atoms with E-state index in [4.69, 9.17) is 4.42 Å². The number of hydrogen-bond acceptors (Lipinski definition) is 5. The summed E-state index contributed by atoms with van der Waals surface area (Å²) >= 11 is 0. The molecule has 0 aromatic carbocycles. The zero-order valence-electron chi connectivity index (χ0n) is 8.99. The van der Waals surface area contributed by atoms with E-state index in [1.807, 2.05) is 0 Å². The van der Waals surface area contributed by atoms with E-state index < -0.39 is 0 Å². The molecule has 0 radical (unpaired) electrons. The molecule has 0 spiro atoms. The van der Waals surface area contributed by atoms with Crippen molar-refractivity contribution in [2.24, 2.45) is 7.05 Å². The third kappa shape index (κ3) is 1.42. The van der Waals surface area contributed by atoms with E-state index in [1.54, 1.807) is 30.1 Å². The highest BCUT2D eigenvalue weighted by molar-refractivity contribution is 6.12. The van der Waals surface area contributed by atoms with Gasteiger partial charge < -0.3 is 4.42 Å². The Bertz CT molecular complexity index is 685. The number of carbonyl (C=O) groups is 1. The number of carbonyl (C=O) groups excluding carboxylic acids is 1. The number of hydrogen-bond donors (Lipinski definition) is 0. The molecule has 0 aliphatic heterocycles. The summed E-state index contributed by atoms with van der Waals surface area (Å²) in [5.74, 6) is -0.00995. The summed E-state index contributed by atoms with van der Waals surface area (Å²) in [5, 5.41) is 4.67. The van der Waals surface area contributed by atoms with Gasteiger partial charge in [-0.05, 0) is 12.1 Å². The topological polar surface area (TPSA) is 73.8 Å². The molecular formula is C11H8N4O2. The summed E-state index contributed by atoms with van der Waals surface area (Å²) in [6, 6.07) is 3.27. The van der Waals surface area contributed by atoms with Crippen molar-refractivity contribution in [3.05, 3.63) is 42.4 Å². The lowest BCUT2D eigenvalue weighted by Gasteiger charge is -1.98. The zero-order valence-corrected chi connectivity index (χ0v) is 8.99. The Labute approximate surface area is 95.9 Å². The summed E-state index contributed by atoms with van der Waals surface area (Å²) in [5.41, 5.74) is 0.924. The maximum Gasteiger partial charge on any atom is 0.247 e. The molecule has 0 aliphatic rings. The van der Waals surface area contributed by atoms with Gasteiger partial charge in [-0.1, -0.05) is 0 Å². The van der Waals surface area contributed by atoms with Crippen LogP contribution in [0.25, 0.3) is 11.0 Å². The molecule has 0 atom stereocenters. The second-order valence-electron chi connectivity index (χ2n) is 3.53. The molecule has 0 bridgehead atoms. The predicted octanol–water partition coefficient (Wildman–Crippen LogP) is 1.19. The number of ketones is 1. The number of aryl methyl sites for hydroxylation is 1. The lowest BCUT2D eigenvalue weighted by molar-refractivity contribution is 0.101. The fraction of sp³-hybridized carbons (Fsp3) is 0.0909. The van der Waals surface area contributed by atoms with Crippen molar-refractivity contribution in [2.75, 3.05) is 0 Å². The molecule has 0 fully saturated rings. The fourth-order valence-corrected chi connectivity index (χ4v) is 1.67. The first-order valence-corrected chi connectivity index (χ1v) is 4.98. The van der Waals surface area contributed by atoms with Crippen LogP contribution in [-0.4, -0.2) is 25.5 Å². The molecule has 0 amide bonds. The molecule has 0 saturated carbocycles. The van der Waals surface area contributed by atoms with Gasteiger partial charge in [-0.2, -0.15) is 5.10 Å². The van der Waals surface area contributed by atoms with Crippen molar-refractivity contribution in [1.29, 1.82) is 0 Å². The van der Waals surface area contributed by atoms with Crippen molar-refractivity contribution in [3.63, 3.8) is 0 Å². The predicted molar refractivity (Wildman–Crippen MR) is 58.4 cm³/mol. The summed E-state index contributed by atoms with van der Waals surface area (Å²) in [4.78, 5) is 20.2. The molecule has 6 heteroatoms. The van der Waals surface area contributed by atoms with Crippen LogP contribution in [0, 0.1) is 0 Å². The molecule has 17 heavy (non-hydrogen) atoms. The quantitative estimate of drug-likeness (QED) is 0.616. The molecule has 0 unspecified atom stereocenters. The van der Waals surface area contributed by atoms with E-state index in [0.29, 0.717) is 16.7 Å². The molecule has 0 aliphatic carbocycles. The molecule has 3 rings (SSSR count). The highest BCUT2D eigenvalue weighted by Crippen LogP contribution is 2.17. The van der Waals surface area contributed by atoms with Gasteiger partial charge in [0.15, 0.2) is 11.4 Å². The molecule has 6 nitrogen and oxygen atoms in total. The van der Waals surface area contributed by atoms with Gasteiger partial charge in [-0.15, -0.1) is 0 Å². The minimum atomic E-state index is -0.268. The largest absolute Gasteiger partial charge is 0.461 e. The first-order chi connectivity index (χ1) is 8.27. The third-order valence-electron chi connectivity index (χ3n) is 2.49. The highest BCUT2D eigenvalue weighted by Gasteiger charge is 2.18. The van der Waals surface area contributed by atoms with E-state index in [1.165, 1.54) is 12.6 Å². The Morgan fingerprint density at radius 3 is 3.06 bits per heavy atom. The van der Waals surface area contributed by atoms with Crippen LogP contribution in [0.5, 0.6) is 0 Å². The van der Waals surface area contributed by atoms with E-state index in [2.05, 4.69) is 15.1 Å². The van der Waals surface area contributed by atoms with Crippen LogP contribution < -0.4 is 0 Å². The number of nitrogens with zero attached hydrogens (tertiary/aromatic N) is 4. The number of aromatic nitrogens is 4. The van der Waals surface area contributed by atoms with Gasteiger partial charge in [-0.3, -0.25) is 9.48 Å². The summed E-state index contributed by atoms with van der Waals surface area (Å²) in [6.45, 7) is 0. The van der Waals surface area contributed by atoms with E-state index in [-0.39, 0.29) is 11.5 Å². The first-order valence-electron chi connectivity index (χ1n) is 4.98. The number of fused-ring (bicyclic) bond motifs is 1. The van der Waals surface area contributed by atoms with E-state index in [9.17, 15) is 4.79 Å². The van der Waals surface area contributed by atoms with Crippen LogP contribution in [0.3, 0.4) is 0 Å². The number of rotatable bonds is 2. The number of furan rings is 1.